The van der Waals surface area contributed by atoms with Crippen molar-refractivity contribution in [2.24, 2.45) is 0 Å². The molecule has 1 amide bonds. The van der Waals surface area contributed by atoms with Gasteiger partial charge in [0, 0.05) is 11.6 Å². The third-order valence-corrected chi connectivity index (χ3v) is 5.61. The Morgan fingerprint density at radius 1 is 1.35 bits per heavy atom. The summed E-state index contributed by atoms with van der Waals surface area (Å²) in [6.07, 6.45) is 1.76. The first-order chi connectivity index (χ1) is 12.6. The predicted octanol–water partition coefficient (Wildman–Crippen LogP) is 4.91. The van der Waals surface area contributed by atoms with E-state index in [0.717, 1.165) is 23.1 Å². The first-order valence-electron chi connectivity index (χ1n) is 8.36. The molecule has 1 fully saturated rings. The molecule has 0 spiro atoms. The lowest BCUT2D eigenvalue weighted by atomic mass is 10.1. The third-order valence-electron chi connectivity index (χ3n) is 4.33. The van der Waals surface area contributed by atoms with Crippen LogP contribution in [0, 0.1) is 5.82 Å². The number of carbonyl (C=O) groups is 1. The quantitative estimate of drug-likeness (QED) is 0.635. The van der Waals surface area contributed by atoms with Gasteiger partial charge in [0.15, 0.2) is 5.13 Å². The number of nitrogens with zero attached hydrogens (tertiary/aromatic N) is 2. The second kappa shape index (κ2) is 7.31. The minimum Gasteiger partial charge on any atom is -0.376 e. The highest BCUT2D eigenvalue weighted by Crippen LogP contribution is 2.32. The molecule has 3 aromatic rings. The van der Waals surface area contributed by atoms with Crippen molar-refractivity contribution < 1.29 is 13.9 Å². The summed E-state index contributed by atoms with van der Waals surface area (Å²) in [5.74, 6) is -0.956. The van der Waals surface area contributed by atoms with E-state index in [-0.39, 0.29) is 11.7 Å². The standard InChI is InChI=1S/C19H16ClFN2O2S/c20-12-7-8-16-17(10-12)26-19(22-16)23(11-13-4-3-9-25-13)18(24)14-5-1-2-6-15(14)21/h1-2,5-8,10,13H,3-4,9,11H2. The Kier molecular flexibility index (Phi) is 4.89. The first-order valence-corrected chi connectivity index (χ1v) is 9.55. The fourth-order valence-corrected chi connectivity index (χ4v) is 4.27. The number of rotatable bonds is 4. The second-order valence-corrected chi connectivity index (χ2v) is 7.58. The van der Waals surface area contributed by atoms with Gasteiger partial charge in [-0.05, 0) is 43.2 Å². The zero-order chi connectivity index (χ0) is 18.1. The Bertz CT molecular complexity index is 956. The number of fused-ring (bicyclic) bond motifs is 1. The predicted molar refractivity (Wildman–Crippen MR) is 102 cm³/mol. The van der Waals surface area contributed by atoms with Crippen molar-refractivity contribution in [3.05, 3.63) is 58.9 Å². The number of hydrogen-bond donors (Lipinski definition) is 0. The molecule has 0 radical (unpaired) electrons. The fraction of sp³-hybridized carbons (Fsp3) is 0.263. The van der Waals surface area contributed by atoms with Crippen LogP contribution in [0.5, 0.6) is 0 Å². The molecule has 1 atom stereocenters. The molecule has 0 N–H and O–H groups in total. The highest BCUT2D eigenvalue weighted by atomic mass is 35.5. The maximum absolute atomic E-state index is 14.2. The van der Waals surface area contributed by atoms with Crippen LogP contribution in [0.2, 0.25) is 5.02 Å². The van der Waals surface area contributed by atoms with Crippen LogP contribution in [-0.4, -0.2) is 30.1 Å². The van der Waals surface area contributed by atoms with Gasteiger partial charge in [-0.2, -0.15) is 0 Å². The van der Waals surface area contributed by atoms with Crippen LogP contribution in [0.25, 0.3) is 10.2 Å². The van der Waals surface area contributed by atoms with Gasteiger partial charge in [0.1, 0.15) is 5.82 Å². The molecular formula is C19H16ClFN2O2S. The maximum Gasteiger partial charge on any atom is 0.263 e. The highest BCUT2D eigenvalue weighted by Gasteiger charge is 2.28. The van der Waals surface area contributed by atoms with E-state index < -0.39 is 11.7 Å². The number of carbonyl (C=O) groups excluding carboxylic acids is 1. The van der Waals surface area contributed by atoms with Gasteiger partial charge in [0.2, 0.25) is 0 Å². The number of ether oxygens (including phenoxy) is 1. The molecule has 26 heavy (non-hydrogen) atoms. The normalized spacial score (nSPS) is 16.9. The Hall–Kier alpha value is -2.02. The lowest BCUT2D eigenvalue weighted by molar-refractivity contribution is 0.0914. The number of amides is 1. The zero-order valence-electron chi connectivity index (χ0n) is 13.8. The van der Waals surface area contributed by atoms with E-state index in [2.05, 4.69) is 4.98 Å². The van der Waals surface area contributed by atoms with Crippen molar-refractivity contribution in [3.8, 4) is 0 Å². The topological polar surface area (TPSA) is 42.4 Å². The first kappa shape index (κ1) is 17.4. The lowest BCUT2D eigenvalue weighted by Gasteiger charge is -2.23. The summed E-state index contributed by atoms with van der Waals surface area (Å²) in [5, 5.41) is 1.13. The van der Waals surface area contributed by atoms with E-state index in [9.17, 15) is 9.18 Å². The minimum atomic E-state index is -0.543. The van der Waals surface area contributed by atoms with E-state index in [4.69, 9.17) is 16.3 Å². The average molecular weight is 391 g/mol. The minimum absolute atomic E-state index is 0.0304. The molecular weight excluding hydrogens is 375 g/mol. The summed E-state index contributed by atoms with van der Waals surface area (Å²) in [5.41, 5.74) is 0.788. The van der Waals surface area contributed by atoms with E-state index >= 15 is 0 Å². The van der Waals surface area contributed by atoms with Gasteiger partial charge in [-0.3, -0.25) is 9.69 Å². The number of benzene rings is 2. The molecule has 4 rings (SSSR count). The average Bonchev–Trinajstić information content (AvgIpc) is 3.28. The van der Waals surface area contributed by atoms with Gasteiger partial charge in [-0.1, -0.05) is 35.1 Å². The van der Waals surface area contributed by atoms with Gasteiger partial charge < -0.3 is 4.74 Å². The van der Waals surface area contributed by atoms with Crippen molar-refractivity contribution in [3.63, 3.8) is 0 Å². The molecule has 1 saturated heterocycles. The Morgan fingerprint density at radius 3 is 2.96 bits per heavy atom. The van der Waals surface area contributed by atoms with Gasteiger partial charge in [-0.15, -0.1) is 0 Å². The Labute approximate surface area is 159 Å². The molecule has 0 aliphatic carbocycles. The summed E-state index contributed by atoms with van der Waals surface area (Å²) in [4.78, 5) is 19.1. The van der Waals surface area contributed by atoms with E-state index in [1.165, 1.54) is 28.4 Å². The van der Waals surface area contributed by atoms with Crippen LogP contribution >= 0.6 is 22.9 Å². The molecule has 2 aromatic carbocycles. The largest absolute Gasteiger partial charge is 0.376 e. The van der Waals surface area contributed by atoms with E-state index in [1.807, 2.05) is 12.1 Å². The van der Waals surface area contributed by atoms with E-state index in [1.54, 1.807) is 18.2 Å². The molecule has 1 aromatic heterocycles. The van der Waals surface area contributed by atoms with E-state index in [0.29, 0.717) is 23.3 Å². The number of aromatic nitrogens is 1. The molecule has 0 saturated carbocycles. The number of anilines is 1. The van der Waals surface area contributed by atoms with Crippen molar-refractivity contribution >= 4 is 44.2 Å². The fourth-order valence-electron chi connectivity index (χ4n) is 3.02. The molecule has 2 heterocycles. The van der Waals surface area contributed by atoms with Gasteiger partial charge in [0.25, 0.3) is 5.91 Å². The molecule has 1 aliphatic heterocycles. The van der Waals surface area contributed by atoms with Crippen LogP contribution < -0.4 is 4.90 Å². The number of thiazole rings is 1. The molecule has 0 bridgehead atoms. The van der Waals surface area contributed by atoms with Crippen molar-refractivity contribution in [1.29, 1.82) is 0 Å². The lowest BCUT2D eigenvalue weighted by Crippen LogP contribution is -2.37. The highest BCUT2D eigenvalue weighted by molar-refractivity contribution is 7.22. The van der Waals surface area contributed by atoms with Gasteiger partial charge >= 0.3 is 0 Å². The monoisotopic (exact) mass is 390 g/mol. The summed E-state index contributed by atoms with van der Waals surface area (Å²) < 4.78 is 20.7. The molecule has 4 nitrogen and oxygen atoms in total. The maximum atomic E-state index is 14.2. The number of hydrogen-bond acceptors (Lipinski definition) is 4. The molecule has 7 heteroatoms. The summed E-state index contributed by atoms with van der Waals surface area (Å²) in [6, 6.07) is 11.4. The summed E-state index contributed by atoms with van der Waals surface area (Å²) in [6.45, 7) is 1.03. The smallest absolute Gasteiger partial charge is 0.263 e. The van der Waals surface area contributed by atoms with Crippen molar-refractivity contribution in [2.75, 3.05) is 18.1 Å². The van der Waals surface area contributed by atoms with Crippen LogP contribution in [0.15, 0.2) is 42.5 Å². The summed E-state index contributed by atoms with van der Waals surface area (Å²) in [7, 11) is 0. The molecule has 1 unspecified atom stereocenters. The third kappa shape index (κ3) is 3.45. The van der Waals surface area contributed by atoms with Crippen LogP contribution in [0.3, 0.4) is 0 Å². The SMILES string of the molecule is O=C(c1ccccc1F)N(CC1CCCO1)c1nc2ccc(Cl)cc2s1. The Balaban J connectivity index is 1.73. The van der Waals surface area contributed by atoms with Crippen molar-refractivity contribution in [2.45, 2.75) is 18.9 Å². The molecule has 1 aliphatic rings. The zero-order valence-corrected chi connectivity index (χ0v) is 15.4. The number of halogens is 2. The van der Waals surface area contributed by atoms with Gasteiger partial charge in [-0.25, -0.2) is 9.37 Å². The van der Waals surface area contributed by atoms with Gasteiger partial charge in [0.05, 0.1) is 28.4 Å². The van der Waals surface area contributed by atoms with Crippen LogP contribution in [0.4, 0.5) is 9.52 Å². The Morgan fingerprint density at radius 2 is 2.19 bits per heavy atom. The van der Waals surface area contributed by atoms with Crippen LogP contribution in [-0.2, 0) is 4.74 Å². The molecule has 134 valence electrons. The summed E-state index contributed by atoms with van der Waals surface area (Å²) >= 11 is 7.42. The second-order valence-electron chi connectivity index (χ2n) is 6.14. The van der Waals surface area contributed by atoms with Crippen LogP contribution in [0.1, 0.15) is 23.2 Å². The van der Waals surface area contributed by atoms with Crippen molar-refractivity contribution in [1.82, 2.24) is 4.98 Å².